The van der Waals surface area contributed by atoms with Gasteiger partial charge < -0.3 is 69.3 Å². The van der Waals surface area contributed by atoms with Crippen LogP contribution in [0.25, 0.3) is 0 Å². The van der Waals surface area contributed by atoms with Crippen molar-refractivity contribution in [3.05, 3.63) is 41.0 Å². The zero-order chi connectivity index (χ0) is 32.0. The number of aliphatic hydroxyl groups is 6. The van der Waals surface area contributed by atoms with E-state index in [1.807, 2.05) is 0 Å². The summed E-state index contributed by atoms with van der Waals surface area (Å²) in [6, 6.07) is 6.04. The van der Waals surface area contributed by atoms with E-state index in [2.05, 4.69) is 0 Å². The van der Waals surface area contributed by atoms with Crippen molar-refractivity contribution >= 4 is 5.78 Å². The smallest absolute Gasteiger partial charge is 0.186 e. The minimum atomic E-state index is -1.87. The van der Waals surface area contributed by atoms with E-state index in [1.165, 1.54) is 21.1 Å². The third kappa shape index (κ3) is 5.66. The van der Waals surface area contributed by atoms with E-state index in [0.717, 1.165) is 6.07 Å². The second-order valence-electron chi connectivity index (χ2n) is 11.0. The van der Waals surface area contributed by atoms with Crippen LogP contribution in [0.5, 0.6) is 28.7 Å². The lowest BCUT2D eigenvalue weighted by Crippen LogP contribution is -2.59. The van der Waals surface area contributed by atoms with Gasteiger partial charge in [-0.05, 0) is 24.6 Å². The zero-order valence-corrected chi connectivity index (χ0v) is 24.0. The Morgan fingerprint density at radius 1 is 0.841 bits per heavy atom. The molecule has 3 aliphatic rings. The highest BCUT2D eigenvalue weighted by Crippen LogP contribution is 2.49. The normalized spacial score (nSPS) is 35.5. The van der Waals surface area contributed by atoms with Gasteiger partial charge in [-0.15, -0.1) is 0 Å². The predicted octanol–water partition coefficient (Wildman–Crippen LogP) is -0.812. The predicted molar refractivity (Wildman–Crippen MR) is 146 cm³/mol. The van der Waals surface area contributed by atoms with Gasteiger partial charge >= 0.3 is 0 Å². The molecule has 2 aromatic carbocycles. The molecule has 15 nitrogen and oxygen atoms in total. The first-order valence-electron chi connectivity index (χ1n) is 13.9. The van der Waals surface area contributed by atoms with Gasteiger partial charge in [0.05, 0.1) is 38.9 Å². The Bertz CT molecular complexity index is 1370. The van der Waals surface area contributed by atoms with Gasteiger partial charge in [-0.1, -0.05) is 6.07 Å². The van der Waals surface area contributed by atoms with E-state index in [-0.39, 0.29) is 17.7 Å². The Balaban J connectivity index is 1.39. The summed E-state index contributed by atoms with van der Waals surface area (Å²) in [5.74, 6) is -1.19. The average molecular weight is 625 g/mol. The highest BCUT2D eigenvalue weighted by Gasteiger charge is 2.49. The quantitative estimate of drug-likeness (QED) is 0.188. The van der Waals surface area contributed by atoms with Crippen LogP contribution < -0.4 is 14.2 Å². The van der Waals surface area contributed by atoms with E-state index >= 15 is 0 Å². The minimum Gasteiger partial charge on any atom is -0.507 e. The molecule has 0 spiro atoms. The summed E-state index contributed by atoms with van der Waals surface area (Å²) in [6.45, 7) is 0.890. The molecule has 2 saturated heterocycles. The van der Waals surface area contributed by atoms with Gasteiger partial charge in [0.15, 0.2) is 23.6 Å². The van der Waals surface area contributed by atoms with Crippen LogP contribution in [0.1, 0.15) is 47.0 Å². The van der Waals surface area contributed by atoms with Gasteiger partial charge in [-0.2, -0.15) is 0 Å². The molecule has 0 saturated carbocycles. The number of fused-ring (bicyclic) bond motifs is 1. The van der Waals surface area contributed by atoms with Gasteiger partial charge in [0.25, 0.3) is 0 Å². The SMILES string of the molecule is COc1ccc([C@@H]2CC(=O)c3c(cc(O)c([C@H]4O[C@H](CO[C@@H]5O[C@@H](C)[C@H](O)[C@@H](O)[C@H]5O)[C@@H](O)[C@H](O)[C@H]4O)c3O)O2)cc1OC. The van der Waals surface area contributed by atoms with Crippen LogP contribution in [0.3, 0.4) is 0 Å². The summed E-state index contributed by atoms with van der Waals surface area (Å²) in [4.78, 5) is 13.3. The number of phenols is 2. The summed E-state index contributed by atoms with van der Waals surface area (Å²) in [6.07, 6.45) is -16.5. The van der Waals surface area contributed by atoms with E-state index in [0.29, 0.717) is 17.1 Å². The van der Waals surface area contributed by atoms with Crippen LogP contribution in [0.4, 0.5) is 0 Å². The molecule has 11 atom stereocenters. The molecule has 0 radical (unpaired) electrons. The Labute approximate surface area is 251 Å². The Hall–Kier alpha value is -3.25. The van der Waals surface area contributed by atoms with Crippen molar-refractivity contribution in [3.63, 3.8) is 0 Å². The number of hydrogen-bond acceptors (Lipinski definition) is 15. The number of benzene rings is 2. The first-order chi connectivity index (χ1) is 20.9. The van der Waals surface area contributed by atoms with Gasteiger partial charge in [0.2, 0.25) is 0 Å². The highest BCUT2D eigenvalue weighted by atomic mass is 16.7. The van der Waals surface area contributed by atoms with Gasteiger partial charge in [0, 0.05) is 6.07 Å². The highest BCUT2D eigenvalue weighted by molar-refractivity contribution is 6.03. The molecular weight excluding hydrogens is 588 g/mol. The Morgan fingerprint density at radius 2 is 1.52 bits per heavy atom. The van der Waals surface area contributed by atoms with E-state index < -0.39 is 96.8 Å². The first-order valence-corrected chi connectivity index (χ1v) is 13.9. The second-order valence-corrected chi connectivity index (χ2v) is 11.0. The molecule has 2 aromatic rings. The standard InChI is InChI=1S/C29H36O15/c1-10-21(32)24(35)27(38)29(42-10)41-9-18-22(33)25(36)26(37)28(44-18)20-13(31)8-17-19(23(20)34)12(30)7-15(43-17)11-4-5-14(39-2)16(6-11)40-3/h4-6,8,10,15,18,21-22,24-29,31-38H,7,9H2,1-3H3/t10-,15-,18+,21-,22+,24+,25-,26+,27+,28+,29+/m0/s1. The van der Waals surface area contributed by atoms with Gasteiger partial charge in [0.1, 0.15) is 77.7 Å². The summed E-state index contributed by atoms with van der Waals surface area (Å²) in [7, 11) is 2.94. The number of ketones is 1. The topological polar surface area (TPSA) is 234 Å². The molecule has 0 aliphatic carbocycles. The number of hydrogen-bond donors (Lipinski definition) is 8. The lowest BCUT2D eigenvalue weighted by molar-refractivity contribution is -0.308. The maximum atomic E-state index is 13.3. The summed E-state index contributed by atoms with van der Waals surface area (Å²) in [5.41, 5.74) is -0.145. The zero-order valence-electron chi connectivity index (χ0n) is 24.0. The van der Waals surface area contributed by atoms with Crippen LogP contribution in [0.15, 0.2) is 24.3 Å². The maximum absolute atomic E-state index is 13.3. The van der Waals surface area contributed by atoms with Crippen LogP contribution in [0, 0.1) is 0 Å². The number of carbonyl (C=O) groups excluding carboxylic acids is 1. The number of carbonyl (C=O) groups is 1. The van der Waals surface area contributed by atoms with Crippen molar-refractivity contribution in [1.29, 1.82) is 0 Å². The number of rotatable bonds is 7. The lowest BCUT2D eigenvalue weighted by Gasteiger charge is -2.43. The van der Waals surface area contributed by atoms with Crippen molar-refractivity contribution in [2.45, 2.75) is 80.7 Å². The molecule has 3 aliphatic heterocycles. The molecule has 0 amide bonds. The summed E-state index contributed by atoms with van der Waals surface area (Å²) < 4.78 is 33.1. The Kier molecular flexibility index (Phi) is 9.23. The van der Waals surface area contributed by atoms with Crippen LogP contribution in [-0.4, -0.2) is 123 Å². The number of phenolic OH excluding ortho intramolecular Hbond substituents is 2. The minimum absolute atomic E-state index is 0.135. The maximum Gasteiger partial charge on any atom is 0.186 e. The van der Waals surface area contributed by atoms with Crippen LogP contribution >= 0.6 is 0 Å². The number of methoxy groups -OCH3 is 2. The van der Waals surface area contributed by atoms with Crippen LogP contribution in [0.2, 0.25) is 0 Å². The fraction of sp³-hybridized carbons (Fsp3) is 0.552. The van der Waals surface area contributed by atoms with Crippen molar-refractivity contribution in [3.8, 4) is 28.7 Å². The fourth-order valence-corrected chi connectivity index (χ4v) is 5.66. The van der Waals surface area contributed by atoms with Gasteiger partial charge in [-0.25, -0.2) is 0 Å². The first kappa shape index (κ1) is 32.2. The van der Waals surface area contributed by atoms with Gasteiger partial charge in [-0.3, -0.25) is 4.79 Å². The molecule has 242 valence electrons. The molecule has 44 heavy (non-hydrogen) atoms. The third-order valence-corrected chi connectivity index (χ3v) is 8.21. The molecule has 8 N–H and O–H groups in total. The van der Waals surface area contributed by atoms with Crippen LogP contribution in [-0.2, 0) is 14.2 Å². The monoisotopic (exact) mass is 624 g/mol. The fourth-order valence-electron chi connectivity index (χ4n) is 5.66. The molecule has 3 heterocycles. The lowest BCUT2D eigenvalue weighted by atomic mass is 9.87. The number of Topliss-reactive ketones (excluding diaryl/α,β-unsaturated/α-hetero) is 1. The average Bonchev–Trinajstić information content (AvgIpc) is 3.00. The van der Waals surface area contributed by atoms with Crippen molar-refractivity contribution in [2.75, 3.05) is 20.8 Å². The molecule has 15 heteroatoms. The van der Waals surface area contributed by atoms with Crippen molar-refractivity contribution in [1.82, 2.24) is 0 Å². The molecule has 5 rings (SSSR count). The molecule has 0 aromatic heterocycles. The molecule has 0 unspecified atom stereocenters. The largest absolute Gasteiger partial charge is 0.507 e. The molecular formula is C29H36O15. The van der Waals surface area contributed by atoms with Crippen molar-refractivity contribution < 1.29 is 74.1 Å². The third-order valence-electron chi connectivity index (χ3n) is 8.21. The Morgan fingerprint density at radius 3 is 2.20 bits per heavy atom. The second kappa shape index (κ2) is 12.6. The van der Waals surface area contributed by atoms with E-state index in [4.69, 9.17) is 28.4 Å². The number of ether oxygens (including phenoxy) is 6. The summed E-state index contributed by atoms with van der Waals surface area (Å²) >= 11 is 0. The molecule has 0 bridgehead atoms. The van der Waals surface area contributed by atoms with E-state index in [1.54, 1.807) is 18.2 Å². The molecule has 2 fully saturated rings. The number of aliphatic hydroxyl groups excluding tert-OH is 6. The van der Waals surface area contributed by atoms with Crippen molar-refractivity contribution in [2.24, 2.45) is 0 Å². The van der Waals surface area contributed by atoms with E-state index in [9.17, 15) is 45.6 Å². The number of aromatic hydroxyl groups is 2. The summed E-state index contributed by atoms with van der Waals surface area (Å²) in [5, 5.41) is 84.2.